The minimum Gasteiger partial charge on any atom is -0.506 e. The van der Waals surface area contributed by atoms with Crippen molar-refractivity contribution in [2.75, 3.05) is 13.2 Å². The van der Waals surface area contributed by atoms with E-state index in [1.807, 2.05) is 0 Å². The zero-order chi connectivity index (χ0) is 41.4. The van der Waals surface area contributed by atoms with Gasteiger partial charge in [-0.2, -0.15) is 0 Å². The molecule has 4 aromatic rings. The Morgan fingerprint density at radius 2 is 0.607 bits per heavy atom. The molecule has 1 aliphatic heterocycles. The first-order chi connectivity index (χ1) is 26.0. The molecule has 8 heteroatoms. The van der Waals surface area contributed by atoms with Gasteiger partial charge in [0.1, 0.15) is 23.0 Å². The fraction of sp³-hybridized carbons (Fsp3) is 0.500. The molecule has 0 radical (unpaired) electrons. The minimum atomic E-state index is -0.173. The van der Waals surface area contributed by atoms with Crippen molar-refractivity contribution in [3.8, 4) is 23.0 Å². The number of aromatic hydroxyl groups is 2. The predicted molar refractivity (Wildman–Crippen MR) is 241 cm³/mol. The summed E-state index contributed by atoms with van der Waals surface area (Å²) >= 11 is 6.26. The molecule has 56 heavy (non-hydrogen) atoms. The molecular formula is C48H64O4S4. The third kappa shape index (κ3) is 10.6. The van der Waals surface area contributed by atoms with E-state index >= 15 is 0 Å². The van der Waals surface area contributed by atoms with Crippen LogP contribution in [0.1, 0.15) is 145 Å². The van der Waals surface area contributed by atoms with Gasteiger partial charge in [-0.05, 0) is 105 Å². The van der Waals surface area contributed by atoms with Gasteiger partial charge in [0.2, 0.25) is 0 Å². The van der Waals surface area contributed by atoms with E-state index in [0.29, 0.717) is 13.2 Å². The zero-order valence-corrected chi connectivity index (χ0v) is 39.5. The number of benzene rings is 4. The lowest BCUT2D eigenvalue weighted by molar-refractivity contribution is 0.294. The maximum absolute atomic E-state index is 12.4. The summed E-state index contributed by atoms with van der Waals surface area (Å²) in [4.78, 5) is 6.91. The number of hydrogen-bond acceptors (Lipinski definition) is 8. The fourth-order valence-corrected chi connectivity index (χ4v) is 10.6. The first-order valence-electron chi connectivity index (χ1n) is 20.1. The van der Waals surface area contributed by atoms with Crippen LogP contribution >= 0.6 is 47.0 Å². The summed E-state index contributed by atoms with van der Waals surface area (Å²) < 4.78 is 13.5. The average molecular weight is 833 g/mol. The van der Waals surface area contributed by atoms with E-state index < -0.39 is 0 Å². The summed E-state index contributed by atoms with van der Waals surface area (Å²) in [7, 11) is 0. The molecule has 1 heterocycles. The first kappa shape index (κ1) is 44.6. The monoisotopic (exact) mass is 832 g/mol. The van der Waals surface area contributed by atoms with Crippen molar-refractivity contribution in [2.24, 2.45) is 0 Å². The standard InChI is InChI=1S/C48H64O4S4/c1-15-17-19-51-43-37-25-31(47(9,10)11)26-38(43)54-34-22-30(46(6,7)8)24-36(42(34)50)56-40-28-32(48(12,13)14)27-39(44(40)52-20-18-16-2)55-35-23-29(45(3,4)5)21-33(53-37)41(35)49/h21-28,49-50H,15-20H2,1-14H3. The number of ether oxygens (including phenoxy) is 2. The van der Waals surface area contributed by atoms with Gasteiger partial charge >= 0.3 is 0 Å². The summed E-state index contributed by atoms with van der Waals surface area (Å²) in [5.41, 5.74) is 3.92. The van der Waals surface area contributed by atoms with Gasteiger partial charge in [-0.25, -0.2) is 0 Å². The number of rotatable bonds is 8. The Morgan fingerprint density at radius 3 is 0.804 bits per heavy atom. The second-order valence-corrected chi connectivity index (χ2v) is 23.4. The third-order valence-electron chi connectivity index (χ3n) is 9.95. The maximum atomic E-state index is 12.4. The Hall–Kier alpha value is -2.52. The molecule has 0 aliphatic carbocycles. The quantitative estimate of drug-likeness (QED) is 0.150. The lowest BCUT2D eigenvalue weighted by Crippen LogP contribution is -2.13. The molecular weight excluding hydrogens is 769 g/mol. The largest absolute Gasteiger partial charge is 0.506 e. The van der Waals surface area contributed by atoms with Gasteiger partial charge in [0.25, 0.3) is 0 Å². The lowest BCUT2D eigenvalue weighted by Gasteiger charge is -2.27. The van der Waals surface area contributed by atoms with E-state index in [1.54, 1.807) is 47.0 Å². The molecule has 0 unspecified atom stereocenters. The van der Waals surface area contributed by atoms with Crippen LogP contribution < -0.4 is 9.47 Å². The molecule has 0 saturated carbocycles. The normalized spacial score (nSPS) is 13.8. The molecule has 0 atom stereocenters. The number of hydrogen-bond donors (Lipinski definition) is 2. The van der Waals surface area contributed by atoms with Crippen molar-refractivity contribution in [2.45, 2.75) is 183 Å². The van der Waals surface area contributed by atoms with E-state index in [-0.39, 0.29) is 33.2 Å². The molecule has 0 spiro atoms. The molecule has 0 saturated heterocycles. The molecule has 5 rings (SSSR count). The Balaban J connectivity index is 1.93. The predicted octanol–water partition coefficient (Wildman–Crippen LogP) is 15.6. The van der Waals surface area contributed by atoms with Crippen LogP contribution in [0.3, 0.4) is 0 Å². The summed E-state index contributed by atoms with van der Waals surface area (Å²) in [5, 5.41) is 24.7. The van der Waals surface area contributed by atoms with Crippen LogP contribution in [0.25, 0.3) is 0 Å². The Morgan fingerprint density at radius 1 is 0.393 bits per heavy atom. The molecule has 0 amide bonds. The first-order valence-corrected chi connectivity index (χ1v) is 23.4. The molecule has 8 bridgehead atoms. The molecule has 1 aliphatic rings. The average Bonchev–Trinajstić information content (AvgIpc) is 3.07. The topological polar surface area (TPSA) is 58.9 Å². The van der Waals surface area contributed by atoms with Crippen LogP contribution in [0.15, 0.2) is 87.7 Å². The molecule has 4 nitrogen and oxygen atoms in total. The van der Waals surface area contributed by atoms with E-state index in [2.05, 4.69) is 145 Å². The summed E-state index contributed by atoms with van der Waals surface area (Å²) in [6.45, 7) is 32.2. The van der Waals surface area contributed by atoms with Gasteiger partial charge in [0.15, 0.2) is 0 Å². The number of unbranched alkanes of at least 4 members (excludes halogenated alkanes) is 2. The Kier molecular flexibility index (Phi) is 13.8. The van der Waals surface area contributed by atoms with Crippen molar-refractivity contribution in [3.63, 3.8) is 0 Å². The number of phenolic OH excluding ortho intramolecular Hbond substituents is 2. The van der Waals surface area contributed by atoms with Gasteiger partial charge in [0.05, 0.1) is 52.4 Å². The van der Waals surface area contributed by atoms with Crippen molar-refractivity contribution in [1.29, 1.82) is 0 Å². The van der Waals surface area contributed by atoms with Crippen LogP contribution in [0.2, 0.25) is 0 Å². The number of phenols is 2. The SMILES string of the molecule is CCCCOc1c2cc(C(C)(C)C)cc1Sc1cc(C(C)(C)C)cc(c1O)Sc1cc(C(C)(C)C)cc(c1OCCCC)Sc1cc(C(C)(C)C)cc(c1O)S2. The van der Waals surface area contributed by atoms with Crippen molar-refractivity contribution in [1.82, 2.24) is 0 Å². The van der Waals surface area contributed by atoms with Gasteiger partial charge in [-0.1, -0.05) is 157 Å². The van der Waals surface area contributed by atoms with Crippen molar-refractivity contribution >= 4 is 47.0 Å². The highest BCUT2D eigenvalue weighted by Gasteiger charge is 2.29. The van der Waals surface area contributed by atoms with Crippen LogP contribution in [0.5, 0.6) is 23.0 Å². The van der Waals surface area contributed by atoms with Crippen LogP contribution in [-0.4, -0.2) is 23.4 Å². The third-order valence-corrected chi connectivity index (χ3v) is 14.2. The van der Waals surface area contributed by atoms with E-state index in [1.165, 1.54) is 0 Å². The van der Waals surface area contributed by atoms with Crippen molar-refractivity contribution < 1.29 is 19.7 Å². The molecule has 2 N–H and O–H groups in total. The summed E-state index contributed by atoms with van der Waals surface area (Å²) in [5.74, 6) is 2.07. The maximum Gasteiger partial charge on any atom is 0.147 e. The van der Waals surface area contributed by atoms with E-state index in [0.717, 1.165) is 98.6 Å². The van der Waals surface area contributed by atoms with Gasteiger partial charge < -0.3 is 19.7 Å². The fourth-order valence-electron chi connectivity index (χ4n) is 6.06. The zero-order valence-electron chi connectivity index (χ0n) is 36.2. The summed E-state index contributed by atoms with van der Waals surface area (Å²) in [6.07, 6.45) is 3.86. The van der Waals surface area contributed by atoms with Crippen LogP contribution in [0.4, 0.5) is 0 Å². The van der Waals surface area contributed by atoms with Crippen molar-refractivity contribution in [3.05, 3.63) is 70.8 Å². The smallest absolute Gasteiger partial charge is 0.147 e. The Labute approximate surface area is 355 Å². The van der Waals surface area contributed by atoms with E-state index in [9.17, 15) is 10.2 Å². The molecule has 0 fully saturated rings. The van der Waals surface area contributed by atoms with Crippen LogP contribution in [0, 0.1) is 0 Å². The van der Waals surface area contributed by atoms with E-state index in [4.69, 9.17) is 9.47 Å². The number of fused-ring (bicyclic) bond motifs is 8. The molecule has 4 aromatic carbocycles. The lowest BCUT2D eigenvalue weighted by atomic mass is 9.87. The van der Waals surface area contributed by atoms with Gasteiger partial charge in [0, 0.05) is 0 Å². The molecule has 304 valence electrons. The molecule has 0 aromatic heterocycles. The van der Waals surface area contributed by atoms with Crippen LogP contribution in [-0.2, 0) is 21.7 Å². The Bertz CT molecular complexity index is 1800. The highest BCUT2D eigenvalue weighted by molar-refractivity contribution is 8.01. The van der Waals surface area contributed by atoms with Gasteiger partial charge in [-0.15, -0.1) is 0 Å². The highest BCUT2D eigenvalue weighted by Crippen LogP contribution is 2.56. The highest BCUT2D eigenvalue weighted by atomic mass is 32.2. The minimum absolute atomic E-state index is 0.165. The van der Waals surface area contributed by atoms with Gasteiger partial charge in [-0.3, -0.25) is 0 Å². The summed E-state index contributed by atoms with van der Waals surface area (Å²) in [6, 6.07) is 17.5. The second-order valence-electron chi connectivity index (χ2n) is 19.1. The second kappa shape index (κ2) is 17.4.